The Labute approximate surface area is 182 Å². The Morgan fingerprint density at radius 1 is 1.10 bits per heavy atom. The first kappa shape index (κ1) is 20.0. The van der Waals surface area contributed by atoms with E-state index in [1.54, 1.807) is 6.33 Å². The lowest BCUT2D eigenvalue weighted by Crippen LogP contribution is -2.59. The van der Waals surface area contributed by atoms with E-state index < -0.39 is 5.54 Å². The number of anilines is 2. The van der Waals surface area contributed by atoms with Crippen molar-refractivity contribution in [3.8, 4) is 0 Å². The third-order valence-electron chi connectivity index (χ3n) is 7.07. The molecule has 0 radical (unpaired) electrons. The molecule has 1 aliphatic heterocycles. The second kappa shape index (κ2) is 7.96. The van der Waals surface area contributed by atoms with Crippen LogP contribution < -0.4 is 10.2 Å². The van der Waals surface area contributed by atoms with Crippen LogP contribution in [0.4, 0.5) is 11.5 Å². The third kappa shape index (κ3) is 3.47. The first-order valence-corrected chi connectivity index (χ1v) is 11.2. The Bertz CT molecular complexity index is 1080. The van der Waals surface area contributed by atoms with Crippen LogP contribution >= 0.6 is 0 Å². The minimum atomic E-state index is -0.532. The number of piperidine rings is 1. The van der Waals surface area contributed by atoms with Gasteiger partial charge in [-0.3, -0.25) is 9.69 Å². The molecule has 31 heavy (non-hydrogen) atoms. The summed E-state index contributed by atoms with van der Waals surface area (Å²) in [6, 6.07) is 9.71. The lowest BCUT2D eigenvalue weighted by molar-refractivity contribution is -0.127. The van der Waals surface area contributed by atoms with E-state index in [9.17, 15) is 4.79 Å². The van der Waals surface area contributed by atoms with Crippen LogP contribution in [0.15, 0.2) is 36.7 Å². The van der Waals surface area contributed by atoms with Gasteiger partial charge in [0.25, 0.3) is 0 Å². The highest BCUT2D eigenvalue weighted by molar-refractivity contribution is 5.98. The van der Waals surface area contributed by atoms with Crippen molar-refractivity contribution in [2.75, 3.05) is 37.4 Å². The van der Waals surface area contributed by atoms with Crippen molar-refractivity contribution >= 4 is 28.4 Å². The van der Waals surface area contributed by atoms with E-state index >= 15 is 0 Å². The minimum Gasteiger partial charge on any atom is -0.356 e. The predicted octanol–water partition coefficient (Wildman–Crippen LogP) is 3.38. The van der Waals surface area contributed by atoms with Gasteiger partial charge >= 0.3 is 0 Å². The van der Waals surface area contributed by atoms with E-state index in [2.05, 4.69) is 25.1 Å². The maximum Gasteiger partial charge on any atom is 0.245 e. The smallest absolute Gasteiger partial charge is 0.245 e. The van der Waals surface area contributed by atoms with Crippen LogP contribution in [0.5, 0.6) is 0 Å². The molecule has 0 unspecified atom stereocenters. The molecule has 5 rings (SSSR count). The first-order valence-electron chi connectivity index (χ1n) is 11.2. The van der Waals surface area contributed by atoms with E-state index in [-0.39, 0.29) is 5.91 Å². The van der Waals surface area contributed by atoms with Crippen LogP contribution in [0, 0.1) is 0 Å². The van der Waals surface area contributed by atoms with Crippen LogP contribution in [-0.2, 0) is 17.6 Å². The maximum absolute atomic E-state index is 13.3. The van der Waals surface area contributed by atoms with Gasteiger partial charge in [0.1, 0.15) is 23.3 Å². The minimum absolute atomic E-state index is 0.0650. The normalized spacial score (nSPS) is 18.2. The second-order valence-electron chi connectivity index (χ2n) is 8.94. The molecule has 0 bridgehead atoms. The van der Waals surface area contributed by atoms with Gasteiger partial charge in [-0.2, -0.15) is 0 Å². The zero-order valence-corrected chi connectivity index (χ0v) is 18.3. The molecule has 0 saturated carbocycles. The summed E-state index contributed by atoms with van der Waals surface area (Å²) in [5.41, 5.74) is 3.97. The number of para-hydroxylation sites is 1. The molecule has 1 aliphatic carbocycles. The van der Waals surface area contributed by atoms with Crippen molar-refractivity contribution in [3.05, 3.63) is 47.9 Å². The molecule has 2 N–H and O–H groups in total. The molecule has 162 valence electrons. The SMILES string of the molecule is CN(C)C1(C(=O)Nc2ccccc2)CCN(c2ncnc3[nH]c4c(c23)CCCC4)CC1. The number of nitrogens with zero attached hydrogens (tertiary/aromatic N) is 4. The Morgan fingerprint density at radius 2 is 1.84 bits per heavy atom. The summed E-state index contributed by atoms with van der Waals surface area (Å²) in [7, 11) is 4.01. The number of H-pyrrole nitrogens is 1. The first-order chi connectivity index (χ1) is 15.1. The summed E-state index contributed by atoms with van der Waals surface area (Å²) < 4.78 is 0. The van der Waals surface area contributed by atoms with Crippen molar-refractivity contribution in [1.82, 2.24) is 19.9 Å². The second-order valence-corrected chi connectivity index (χ2v) is 8.94. The van der Waals surface area contributed by atoms with Crippen LogP contribution in [0.1, 0.15) is 36.9 Å². The number of nitrogens with one attached hydrogen (secondary N) is 2. The highest BCUT2D eigenvalue weighted by Gasteiger charge is 2.44. The van der Waals surface area contributed by atoms with Gasteiger partial charge in [-0.25, -0.2) is 9.97 Å². The molecule has 1 saturated heterocycles. The average Bonchev–Trinajstić information content (AvgIpc) is 3.18. The van der Waals surface area contributed by atoms with Crippen LogP contribution in [-0.4, -0.2) is 58.5 Å². The number of rotatable bonds is 4. The van der Waals surface area contributed by atoms with Gasteiger partial charge < -0.3 is 15.2 Å². The fourth-order valence-electron chi connectivity index (χ4n) is 5.19. The van der Waals surface area contributed by atoms with Crippen LogP contribution in [0.25, 0.3) is 11.0 Å². The fraction of sp³-hybridized carbons (Fsp3) is 0.458. The monoisotopic (exact) mass is 418 g/mol. The molecule has 1 aromatic carbocycles. The fourth-order valence-corrected chi connectivity index (χ4v) is 5.19. The van der Waals surface area contributed by atoms with Gasteiger partial charge in [0.15, 0.2) is 0 Å². The summed E-state index contributed by atoms with van der Waals surface area (Å²) in [6.45, 7) is 1.57. The molecule has 0 spiro atoms. The average molecular weight is 419 g/mol. The lowest BCUT2D eigenvalue weighted by atomic mass is 9.85. The molecular weight excluding hydrogens is 388 g/mol. The predicted molar refractivity (Wildman–Crippen MR) is 123 cm³/mol. The summed E-state index contributed by atoms with van der Waals surface area (Å²) in [5, 5.41) is 4.31. The van der Waals surface area contributed by atoms with Crippen molar-refractivity contribution in [3.63, 3.8) is 0 Å². The molecule has 3 aromatic rings. The number of aromatic amines is 1. The van der Waals surface area contributed by atoms with Crippen LogP contribution in [0.2, 0.25) is 0 Å². The number of benzene rings is 1. The Morgan fingerprint density at radius 3 is 2.58 bits per heavy atom. The molecule has 3 heterocycles. The summed E-state index contributed by atoms with van der Waals surface area (Å²) in [6.07, 6.45) is 7.79. The number of fused-ring (bicyclic) bond motifs is 3. The van der Waals surface area contributed by atoms with E-state index in [0.29, 0.717) is 0 Å². The molecule has 1 amide bonds. The van der Waals surface area contributed by atoms with Crippen molar-refractivity contribution < 1.29 is 4.79 Å². The zero-order valence-electron chi connectivity index (χ0n) is 18.3. The van der Waals surface area contributed by atoms with E-state index in [1.165, 1.54) is 29.5 Å². The number of carbonyl (C=O) groups is 1. The van der Waals surface area contributed by atoms with Gasteiger partial charge in [0.2, 0.25) is 5.91 Å². The van der Waals surface area contributed by atoms with E-state index in [4.69, 9.17) is 4.98 Å². The van der Waals surface area contributed by atoms with Gasteiger partial charge in [0.05, 0.1) is 5.39 Å². The molecule has 2 aliphatic rings. The quantitative estimate of drug-likeness (QED) is 0.679. The molecule has 7 nitrogen and oxygen atoms in total. The highest BCUT2D eigenvalue weighted by atomic mass is 16.2. The van der Waals surface area contributed by atoms with Crippen molar-refractivity contribution in [1.29, 1.82) is 0 Å². The van der Waals surface area contributed by atoms with Crippen LogP contribution in [0.3, 0.4) is 0 Å². The summed E-state index contributed by atoms with van der Waals surface area (Å²) in [4.78, 5) is 30.5. The summed E-state index contributed by atoms with van der Waals surface area (Å²) >= 11 is 0. The van der Waals surface area contributed by atoms with E-state index in [1.807, 2.05) is 44.4 Å². The molecule has 2 aromatic heterocycles. The molecular formula is C24H30N6O. The molecule has 0 atom stereocenters. The lowest BCUT2D eigenvalue weighted by Gasteiger charge is -2.45. The largest absolute Gasteiger partial charge is 0.356 e. The number of likely N-dealkylation sites (N-methyl/N-ethyl adjacent to an activating group) is 1. The number of hydrogen-bond donors (Lipinski definition) is 2. The van der Waals surface area contributed by atoms with E-state index in [0.717, 1.165) is 55.9 Å². The third-order valence-corrected chi connectivity index (χ3v) is 7.07. The van der Waals surface area contributed by atoms with Gasteiger partial charge in [-0.15, -0.1) is 0 Å². The van der Waals surface area contributed by atoms with Gasteiger partial charge in [-0.05, 0) is 70.3 Å². The van der Waals surface area contributed by atoms with Gasteiger partial charge in [-0.1, -0.05) is 18.2 Å². The number of aromatic nitrogens is 3. The number of carbonyl (C=O) groups excluding carboxylic acids is 1. The molecule has 1 fully saturated rings. The number of aryl methyl sites for hydroxylation is 2. The molecule has 7 heteroatoms. The zero-order chi connectivity index (χ0) is 21.4. The topological polar surface area (TPSA) is 77.2 Å². The standard InChI is InChI=1S/C24H30N6O/c1-29(2)24(23(31)27-17-8-4-3-5-9-17)12-14-30(15-13-24)22-20-18-10-6-7-11-19(18)28-21(20)25-16-26-22/h3-5,8-9,16H,6-7,10-15H2,1-2H3,(H,27,31)(H,25,26,28). The summed E-state index contributed by atoms with van der Waals surface area (Å²) in [5.74, 6) is 1.08. The van der Waals surface area contributed by atoms with Gasteiger partial charge in [0, 0.05) is 24.5 Å². The Hall–Kier alpha value is -2.93. The van der Waals surface area contributed by atoms with Crippen molar-refractivity contribution in [2.24, 2.45) is 0 Å². The van der Waals surface area contributed by atoms with Crippen molar-refractivity contribution in [2.45, 2.75) is 44.1 Å². The Balaban J connectivity index is 1.40. The number of hydrogen-bond acceptors (Lipinski definition) is 5. The highest BCUT2D eigenvalue weighted by Crippen LogP contribution is 2.36. The Kier molecular flexibility index (Phi) is 5.14. The maximum atomic E-state index is 13.3. The number of amides is 1.